The Morgan fingerprint density at radius 1 is 1.12 bits per heavy atom. The van der Waals surface area contributed by atoms with E-state index in [2.05, 4.69) is 15.9 Å². The lowest BCUT2D eigenvalue weighted by Crippen LogP contribution is -2.45. The number of likely N-dealkylation sites (tertiary alicyclic amines) is 1. The first-order valence-electron chi connectivity index (χ1n) is 11.2. The number of hydrogen-bond donors (Lipinski definition) is 1. The minimum atomic E-state index is -4.35. The van der Waals surface area contributed by atoms with E-state index in [0.717, 1.165) is 27.2 Å². The maximum Gasteiger partial charge on any atom is 0.446 e. The highest BCUT2D eigenvalue weighted by Gasteiger charge is 2.32. The molecule has 2 heterocycles. The van der Waals surface area contributed by atoms with Crippen LogP contribution in [0.1, 0.15) is 70.9 Å². The van der Waals surface area contributed by atoms with Crippen molar-refractivity contribution in [2.45, 2.75) is 88.1 Å². The summed E-state index contributed by atoms with van der Waals surface area (Å²) in [6.07, 6.45) is 0.701. The number of thioether (sulfide) groups is 1. The fourth-order valence-corrected chi connectivity index (χ4v) is 6.23. The van der Waals surface area contributed by atoms with Gasteiger partial charge in [0.15, 0.2) is 0 Å². The van der Waals surface area contributed by atoms with Gasteiger partial charge >= 0.3 is 5.51 Å². The average molecular weight is 582 g/mol. The van der Waals surface area contributed by atoms with Gasteiger partial charge in [-0.1, -0.05) is 20.8 Å². The monoisotopic (exact) mass is 580 g/mol. The van der Waals surface area contributed by atoms with Gasteiger partial charge in [0.25, 0.3) is 0 Å². The van der Waals surface area contributed by atoms with Crippen molar-refractivity contribution >= 4 is 39.0 Å². The predicted octanol–water partition coefficient (Wildman–Crippen LogP) is 7.75. The number of thiazole rings is 1. The molecule has 1 atom stereocenters. The Morgan fingerprint density at radius 3 is 2.26 bits per heavy atom. The summed E-state index contributed by atoms with van der Waals surface area (Å²) in [6, 6.07) is 5.12. The Hall–Kier alpha value is -0.650. The number of hydrogen-bond acceptors (Lipinski definition) is 6. The van der Waals surface area contributed by atoms with Gasteiger partial charge in [-0.3, -0.25) is 4.90 Å². The maximum absolute atomic E-state index is 13.1. The summed E-state index contributed by atoms with van der Waals surface area (Å²) in [6.45, 7) is 13.0. The van der Waals surface area contributed by atoms with Crippen LogP contribution in [0.2, 0.25) is 0 Å². The van der Waals surface area contributed by atoms with Gasteiger partial charge in [-0.2, -0.15) is 13.2 Å². The number of ether oxygens (including phenoxy) is 1. The van der Waals surface area contributed by atoms with E-state index >= 15 is 0 Å². The first kappa shape index (κ1) is 27.9. The van der Waals surface area contributed by atoms with E-state index in [0.29, 0.717) is 24.3 Å². The zero-order chi connectivity index (χ0) is 25.5. The summed E-state index contributed by atoms with van der Waals surface area (Å²) in [7, 11) is 0. The van der Waals surface area contributed by atoms with Gasteiger partial charge < -0.3 is 9.84 Å². The summed E-state index contributed by atoms with van der Waals surface area (Å²) in [5.74, 6) is 0.225. The molecule has 1 unspecified atom stereocenters. The van der Waals surface area contributed by atoms with Crippen molar-refractivity contribution in [1.29, 1.82) is 0 Å². The third-order valence-corrected chi connectivity index (χ3v) is 8.10. The molecule has 1 aromatic heterocycles. The summed E-state index contributed by atoms with van der Waals surface area (Å²) >= 11 is 5.04. The van der Waals surface area contributed by atoms with Crippen LogP contribution in [-0.2, 0) is 10.2 Å². The molecule has 1 N–H and O–H groups in total. The van der Waals surface area contributed by atoms with E-state index in [1.807, 2.05) is 52.5 Å². The van der Waals surface area contributed by atoms with Crippen LogP contribution in [0.15, 0.2) is 26.9 Å². The summed E-state index contributed by atoms with van der Waals surface area (Å²) in [5.41, 5.74) is -2.90. The number of piperidine rings is 1. The third kappa shape index (κ3) is 7.67. The average Bonchev–Trinajstić information content (AvgIpc) is 3.06. The molecule has 4 nitrogen and oxygen atoms in total. The van der Waals surface area contributed by atoms with Gasteiger partial charge in [0.2, 0.25) is 6.41 Å². The van der Waals surface area contributed by atoms with Gasteiger partial charge in [-0.05, 0) is 90.5 Å². The molecule has 1 saturated heterocycles. The SMILES string of the molecule is CC(C)(C)OC(O)N1CCC(c2nc(-c3cc(SC(F)(F)F)cc(C(C)(C)C)c3)c(Br)s2)CC1. The molecule has 0 aliphatic carbocycles. The van der Waals surface area contributed by atoms with Crippen molar-refractivity contribution in [3.8, 4) is 11.3 Å². The number of benzene rings is 1. The molecule has 34 heavy (non-hydrogen) atoms. The molecule has 1 aliphatic rings. The zero-order valence-electron chi connectivity index (χ0n) is 20.3. The minimum absolute atomic E-state index is 0.0935. The highest BCUT2D eigenvalue weighted by Crippen LogP contribution is 2.44. The van der Waals surface area contributed by atoms with Crippen molar-refractivity contribution in [3.05, 3.63) is 32.6 Å². The third-order valence-electron chi connectivity index (χ3n) is 5.53. The van der Waals surface area contributed by atoms with Crippen LogP contribution >= 0.6 is 39.0 Å². The predicted molar refractivity (Wildman–Crippen MR) is 136 cm³/mol. The Labute approximate surface area is 216 Å². The van der Waals surface area contributed by atoms with Crippen LogP contribution in [-0.4, -0.2) is 45.6 Å². The van der Waals surface area contributed by atoms with Gasteiger partial charge in [0, 0.05) is 29.5 Å². The molecule has 0 bridgehead atoms. The number of halogens is 4. The molecule has 1 fully saturated rings. The first-order chi connectivity index (χ1) is 15.5. The van der Waals surface area contributed by atoms with E-state index in [9.17, 15) is 18.3 Å². The van der Waals surface area contributed by atoms with Crippen LogP contribution < -0.4 is 0 Å². The molecule has 10 heteroatoms. The molecule has 3 rings (SSSR count). The van der Waals surface area contributed by atoms with Gasteiger partial charge in [0.05, 0.1) is 20.1 Å². The van der Waals surface area contributed by atoms with Crippen molar-refractivity contribution in [1.82, 2.24) is 9.88 Å². The number of aromatic nitrogens is 1. The second-order valence-corrected chi connectivity index (χ2v) is 14.1. The number of aliphatic hydroxyl groups excluding tert-OH is 1. The van der Waals surface area contributed by atoms with Crippen LogP contribution in [0, 0.1) is 0 Å². The number of nitrogens with zero attached hydrogens (tertiary/aromatic N) is 2. The fourth-order valence-electron chi connectivity index (χ4n) is 3.79. The van der Waals surface area contributed by atoms with Crippen molar-refractivity contribution in [3.63, 3.8) is 0 Å². The maximum atomic E-state index is 13.1. The highest BCUT2D eigenvalue weighted by molar-refractivity contribution is 9.11. The zero-order valence-corrected chi connectivity index (χ0v) is 23.5. The molecule has 0 spiro atoms. The summed E-state index contributed by atoms with van der Waals surface area (Å²) < 4.78 is 45.8. The first-order valence-corrected chi connectivity index (χ1v) is 13.6. The van der Waals surface area contributed by atoms with Crippen molar-refractivity contribution in [2.24, 2.45) is 0 Å². The topological polar surface area (TPSA) is 45.6 Å². The summed E-state index contributed by atoms with van der Waals surface area (Å²) in [4.78, 5) is 6.94. The summed E-state index contributed by atoms with van der Waals surface area (Å²) in [5, 5.41) is 11.3. The van der Waals surface area contributed by atoms with Gasteiger partial charge in [-0.25, -0.2) is 4.98 Å². The Kier molecular flexibility index (Phi) is 8.53. The lowest BCUT2D eigenvalue weighted by Gasteiger charge is -2.36. The second kappa shape index (κ2) is 10.4. The van der Waals surface area contributed by atoms with E-state index in [-0.39, 0.29) is 28.0 Å². The van der Waals surface area contributed by atoms with Crippen molar-refractivity contribution < 1.29 is 23.0 Å². The van der Waals surface area contributed by atoms with Crippen molar-refractivity contribution in [2.75, 3.05) is 13.1 Å². The van der Waals surface area contributed by atoms with E-state index in [1.165, 1.54) is 11.3 Å². The lowest BCUT2D eigenvalue weighted by molar-refractivity contribution is -0.242. The van der Waals surface area contributed by atoms with Crippen LogP contribution in [0.4, 0.5) is 13.2 Å². The van der Waals surface area contributed by atoms with Crippen LogP contribution in [0.25, 0.3) is 11.3 Å². The number of aliphatic hydroxyl groups is 1. The molecule has 0 saturated carbocycles. The quantitative estimate of drug-likeness (QED) is 0.289. The number of rotatable bonds is 5. The Morgan fingerprint density at radius 2 is 1.74 bits per heavy atom. The van der Waals surface area contributed by atoms with E-state index in [1.54, 1.807) is 12.1 Å². The molecule has 1 aliphatic heterocycles. The largest absolute Gasteiger partial charge is 0.446 e. The standard InChI is InChI=1S/C24H32BrF3N2O2S2/c1-22(2,3)16-11-15(12-17(13-16)34-24(26,27)28)18-19(25)33-20(29-18)14-7-9-30(10-8-14)21(31)32-23(4,5)6/h11-14,21,31H,7-10H2,1-6H3. The Balaban J connectivity index is 1.82. The second-order valence-electron chi connectivity index (χ2n) is 10.6. The molecule has 0 radical (unpaired) electrons. The number of alkyl halides is 3. The molecule has 0 amide bonds. The van der Waals surface area contributed by atoms with Crippen LogP contribution in [0.3, 0.4) is 0 Å². The fraction of sp³-hybridized carbons (Fsp3) is 0.625. The van der Waals surface area contributed by atoms with E-state index < -0.39 is 17.5 Å². The molecular weight excluding hydrogens is 549 g/mol. The molecule has 190 valence electrons. The lowest BCUT2D eigenvalue weighted by atomic mass is 9.86. The smallest absolute Gasteiger partial charge is 0.356 e. The molecule has 1 aromatic carbocycles. The van der Waals surface area contributed by atoms with E-state index in [4.69, 9.17) is 9.72 Å². The van der Waals surface area contributed by atoms with Crippen LogP contribution in [0.5, 0.6) is 0 Å². The van der Waals surface area contributed by atoms with Gasteiger partial charge in [0.1, 0.15) is 0 Å². The van der Waals surface area contributed by atoms with Gasteiger partial charge in [-0.15, -0.1) is 11.3 Å². The normalized spacial score (nSPS) is 17.9. The molecule has 2 aromatic rings. The highest BCUT2D eigenvalue weighted by atomic mass is 79.9. The molecular formula is C24H32BrF3N2O2S2. The minimum Gasteiger partial charge on any atom is -0.356 e. The Bertz CT molecular complexity index is 992.